The highest BCUT2D eigenvalue weighted by Gasteiger charge is 2.10. The molecule has 2 aromatic carbocycles. The lowest BCUT2D eigenvalue weighted by Gasteiger charge is -2.10. The van der Waals surface area contributed by atoms with Gasteiger partial charge in [0.05, 0.1) is 21.3 Å². The zero-order valence-electron chi connectivity index (χ0n) is 17.3. The molecule has 0 aliphatic rings. The smallest absolute Gasteiger partial charge is 0.271 e. The van der Waals surface area contributed by atoms with E-state index < -0.39 is 0 Å². The van der Waals surface area contributed by atoms with Crippen molar-refractivity contribution in [2.24, 2.45) is 0 Å². The van der Waals surface area contributed by atoms with Crippen LogP contribution in [0.4, 0.5) is 0 Å². The zero-order valence-corrected chi connectivity index (χ0v) is 17.3. The van der Waals surface area contributed by atoms with Crippen LogP contribution in [0.15, 0.2) is 54.7 Å². The van der Waals surface area contributed by atoms with Crippen molar-refractivity contribution < 1.29 is 23.7 Å². The summed E-state index contributed by atoms with van der Waals surface area (Å²) in [5, 5.41) is 7.12. The van der Waals surface area contributed by atoms with E-state index in [-0.39, 0.29) is 12.6 Å². The summed E-state index contributed by atoms with van der Waals surface area (Å²) in [6.45, 7) is 0.675. The number of hydrogen-bond donors (Lipinski definition) is 1. The van der Waals surface area contributed by atoms with Gasteiger partial charge in [-0.05, 0) is 54.4 Å². The Morgan fingerprint density at radius 1 is 0.933 bits per heavy atom. The molecule has 3 aromatic rings. The van der Waals surface area contributed by atoms with E-state index in [9.17, 15) is 4.79 Å². The van der Waals surface area contributed by atoms with E-state index in [2.05, 4.69) is 10.4 Å². The van der Waals surface area contributed by atoms with Crippen LogP contribution in [-0.4, -0.2) is 43.6 Å². The van der Waals surface area contributed by atoms with Crippen LogP contribution in [0.2, 0.25) is 0 Å². The number of aromatic nitrogens is 2. The fourth-order valence-corrected chi connectivity index (χ4v) is 2.81. The van der Waals surface area contributed by atoms with Gasteiger partial charge in [-0.25, -0.2) is 4.68 Å². The van der Waals surface area contributed by atoms with E-state index in [4.69, 9.17) is 18.9 Å². The molecule has 0 atom stereocenters. The number of ether oxygens (including phenoxy) is 4. The first-order valence-corrected chi connectivity index (χ1v) is 9.42. The minimum absolute atomic E-state index is 0.200. The molecular weight excluding hydrogens is 386 g/mol. The Morgan fingerprint density at radius 2 is 1.67 bits per heavy atom. The van der Waals surface area contributed by atoms with Gasteiger partial charge in [-0.3, -0.25) is 4.79 Å². The third kappa shape index (κ3) is 5.44. The van der Waals surface area contributed by atoms with Crippen molar-refractivity contribution in [1.82, 2.24) is 15.1 Å². The molecule has 8 heteroatoms. The van der Waals surface area contributed by atoms with Crippen molar-refractivity contribution in [3.05, 3.63) is 66.0 Å². The van der Waals surface area contributed by atoms with Crippen LogP contribution in [-0.2, 0) is 13.2 Å². The summed E-state index contributed by atoms with van der Waals surface area (Å²) in [6, 6.07) is 14.6. The van der Waals surface area contributed by atoms with Crippen molar-refractivity contribution in [2.75, 3.05) is 27.9 Å². The molecule has 0 saturated carbocycles. The Morgan fingerprint density at radius 3 is 2.37 bits per heavy atom. The van der Waals surface area contributed by atoms with Gasteiger partial charge in [-0.2, -0.15) is 5.10 Å². The maximum Gasteiger partial charge on any atom is 0.271 e. The lowest BCUT2D eigenvalue weighted by Crippen LogP contribution is -2.26. The Labute approximate surface area is 175 Å². The largest absolute Gasteiger partial charge is 0.497 e. The van der Waals surface area contributed by atoms with Gasteiger partial charge in [0.1, 0.15) is 17.2 Å². The van der Waals surface area contributed by atoms with Crippen LogP contribution in [0, 0.1) is 0 Å². The fraction of sp³-hybridized carbons (Fsp3) is 0.273. The predicted molar refractivity (Wildman–Crippen MR) is 111 cm³/mol. The number of amides is 1. The van der Waals surface area contributed by atoms with Gasteiger partial charge in [-0.1, -0.05) is 6.07 Å². The SMILES string of the molecule is COc1ccc(OCn2ccc(C(=O)NCCc3ccc(OC)c(OC)c3)n2)cc1. The van der Waals surface area contributed by atoms with Crippen LogP contribution in [0.5, 0.6) is 23.0 Å². The lowest BCUT2D eigenvalue weighted by atomic mass is 10.1. The highest BCUT2D eigenvalue weighted by molar-refractivity contribution is 5.92. The standard InChI is InChI=1S/C22H25N3O5/c1-27-17-5-7-18(8-6-17)30-15-25-13-11-19(24-25)22(26)23-12-10-16-4-9-20(28-2)21(14-16)29-3/h4-9,11,13-14H,10,12,15H2,1-3H3,(H,23,26). The Kier molecular flexibility index (Phi) is 7.15. The summed E-state index contributed by atoms with van der Waals surface area (Å²) in [4.78, 5) is 12.3. The van der Waals surface area contributed by atoms with E-state index in [1.807, 2.05) is 42.5 Å². The summed E-state index contributed by atoms with van der Waals surface area (Å²) in [5.41, 5.74) is 1.37. The summed E-state index contributed by atoms with van der Waals surface area (Å²) in [6.07, 6.45) is 2.36. The Balaban J connectivity index is 1.47. The minimum atomic E-state index is -0.237. The molecule has 1 N–H and O–H groups in total. The van der Waals surface area contributed by atoms with Gasteiger partial charge in [-0.15, -0.1) is 0 Å². The van der Waals surface area contributed by atoms with Gasteiger partial charge in [0, 0.05) is 12.7 Å². The number of hydrogen-bond acceptors (Lipinski definition) is 6. The van der Waals surface area contributed by atoms with Crippen molar-refractivity contribution in [3.63, 3.8) is 0 Å². The van der Waals surface area contributed by atoms with Crippen molar-refractivity contribution in [1.29, 1.82) is 0 Å². The van der Waals surface area contributed by atoms with E-state index in [1.54, 1.807) is 38.3 Å². The molecule has 0 fully saturated rings. The summed E-state index contributed by atoms with van der Waals surface area (Å²) in [7, 11) is 4.80. The molecule has 0 bridgehead atoms. The highest BCUT2D eigenvalue weighted by Crippen LogP contribution is 2.27. The second-order valence-corrected chi connectivity index (χ2v) is 6.38. The molecule has 1 aromatic heterocycles. The predicted octanol–water partition coefficient (Wildman–Crippen LogP) is 2.92. The van der Waals surface area contributed by atoms with Crippen molar-refractivity contribution in [3.8, 4) is 23.0 Å². The molecule has 1 amide bonds. The maximum atomic E-state index is 12.3. The third-order valence-electron chi connectivity index (χ3n) is 4.44. The summed E-state index contributed by atoms with van der Waals surface area (Å²) >= 11 is 0. The molecule has 30 heavy (non-hydrogen) atoms. The van der Waals surface area contributed by atoms with Crippen LogP contribution in [0.3, 0.4) is 0 Å². The first-order valence-electron chi connectivity index (χ1n) is 9.42. The number of rotatable bonds is 10. The van der Waals surface area contributed by atoms with Crippen molar-refractivity contribution >= 4 is 5.91 Å². The monoisotopic (exact) mass is 411 g/mol. The average molecular weight is 411 g/mol. The topological polar surface area (TPSA) is 83.8 Å². The molecular formula is C22H25N3O5. The Hall–Kier alpha value is -3.68. The van der Waals surface area contributed by atoms with Gasteiger partial charge in [0.2, 0.25) is 0 Å². The number of nitrogens with zero attached hydrogens (tertiary/aromatic N) is 2. The van der Waals surface area contributed by atoms with E-state index >= 15 is 0 Å². The number of methoxy groups -OCH3 is 3. The quantitative estimate of drug-likeness (QED) is 0.552. The molecule has 1 heterocycles. The lowest BCUT2D eigenvalue weighted by molar-refractivity contribution is 0.0947. The highest BCUT2D eigenvalue weighted by atomic mass is 16.5. The van der Waals surface area contributed by atoms with Gasteiger partial charge < -0.3 is 24.3 Å². The fourth-order valence-electron chi connectivity index (χ4n) is 2.81. The molecule has 0 spiro atoms. The van der Waals surface area contributed by atoms with Gasteiger partial charge >= 0.3 is 0 Å². The second-order valence-electron chi connectivity index (χ2n) is 6.38. The van der Waals surface area contributed by atoms with Crippen LogP contribution in [0.1, 0.15) is 16.1 Å². The van der Waals surface area contributed by atoms with E-state index in [0.29, 0.717) is 35.9 Å². The van der Waals surface area contributed by atoms with Gasteiger partial charge in [0.15, 0.2) is 18.2 Å². The number of carbonyl (C=O) groups is 1. The third-order valence-corrected chi connectivity index (χ3v) is 4.44. The zero-order chi connectivity index (χ0) is 21.3. The first-order chi connectivity index (χ1) is 14.6. The molecule has 0 aliphatic carbocycles. The van der Waals surface area contributed by atoms with E-state index in [1.165, 1.54) is 0 Å². The average Bonchev–Trinajstić information content (AvgIpc) is 3.27. The number of carbonyl (C=O) groups excluding carboxylic acids is 1. The maximum absolute atomic E-state index is 12.3. The van der Waals surface area contributed by atoms with Crippen LogP contribution in [0.25, 0.3) is 0 Å². The number of nitrogens with one attached hydrogen (secondary N) is 1. The summed E-state index contributed by atoms with van der Waals surface area (Å²) in [5.74, 6) is 2.55. The number of benzene rings is 2. The molecule has 0 unspecified atom stereocenters. The molecule has 0 aliphatic heterocycles. The first kappa shape index (κ1) is 21.0. The normalized spacial score (nSPS) is 10.4. The molecule has 0 radical (unpaired) electrons. The summed E-state index contributed by atoms with van der Waals surface area (Å²) < 4.78 is 22.9. The molecule has 0 saturated heterocycles. The molecule has 3 rings (SSSR count). The minimum Gasteiger partial charge on any atom is -0.497 e. The van der Waals surface area contributed by atoms with Crippen LogP contribution < -0.4 is 24.3 Å². The molecule has 158 valence electrons. The van der Waals surface area contributed by atoms with Crippen molar-refractivity contribution in [2.45, 2.75) is 13.2 Å². The van der Waals surface area contributed by atoms with Gasteiger partial charge in [0.25, 0.3) is 5.91 Å². The van der Waals surface area contributed by atoms with Crippen LogP contribution >= 0.6 is 0 Å². The Bertz CT molecular complexity index is 969. The second kappa shape index (κ2) is 10.2. The van der Waals surface area contributed by atoms with E-state index in [0.717, 1.165) is 11.3 Å². The molecule has 8 nitrogen and oxygen atoms in total.